The molecular formula is C9H6Cl2N4. The summed E-state index contributed by atoms with van der Waals surface area (Å²) < 4.78 is 0. The molecule has 76 valence electrons. The summed E-state index contributed by atoms with van der Waals surface area (Å²) in [5, 5.41) is 0.459. The van der Waals surface area contributed by atoms with Crippen LogP contribution >= 0.6 is 23.2 Å². The highest BCUT2D eigenvalue weighted by Gasteiger charge is 2.01. The van der Waals surface area contributed by atoms with E-state index in [0.29, 0.717) is 6.42 Å². The molecule has 2 heterocycles. The average Bonchev–Trinajstić information content (AvgIpc) is 2.17. The van der Waals surface area contributed by atoms with Crippen molar-refractivity contribution in [1.29, 1.82) is 0 Å². The number of halogens is 2. The van der Waals surface area contributed by atoms with Gasteiger partial charge in [-0.3, -0.25) is 0 Å². The Morgan fingerprint density at radius 1 is 0.867 bits per heavy atom. The smallest absolute Gasteiger partial charge is 0.222 e. The van der Waals surface area contributed by atoms with Gasteiger partial charge in [-0.15, -0.1) is 0 Å². The van der Waals surface area contributed by atoms with Crippen LogP contribution in [0.3, 0.4) is 0 Å². The predicted octanol–water partition coefficient (Wildman–Crippen LogP) is 2.16. The second-order valence-electron chi connectivity index (χ2n) is 2.81. The maximum atomic E-state index is 5.66. The molecule has 0 atom stereocenters. The van der Waals surface area contributed by atoms with E-state index in [1.165, 1.54) is 0 Å². The minimum absolute atomic E-state index is 0.229. The molecule has 0 aliphatic carbocycles. The summed E-state index contributed by atoms with van der Waals surface area (Å²) in [5.74, 6) is 0. The molecule has 2 rings (SSSR count). The van der Waals surface area contributed by atoms with E-state index in [-0.39, 0.29) is 10.6 Å². The lowest BCUT2D eigenvalue weighted by atomic mass is 10.2. The Morgan fingerprint density at radius 3 is 1.73 bits per heavy atom. The Morgan fingerprint density at radius 2 is 1.33 bits per heavy atom. The third-order valence-corrected chi connectivity index (χ3v) is 2.09. The van der Waals surface area contributed by atoms with E-state index in [9.17, 15) is 0 Å². The Bertz CT molecular complexity index is 432. The highest BCUT2D eigenvalue weighted by atomic mass is 35.5. The normalized spacial score (nSPS) is 10.3. The second-order valence-corrected chi connectivity index (χ2v) is 3.49. The predicted molar refractivity (Wildman–Crippen MR) is 56.9 cm³/mol. The summed E-state index contributed by atoms with van der Waals surface area (Å²) in [6.07, 6.45) is 3.77. The van der Waals surface area contributed by atoms with Crippen molar-refractivity contribution >= 4 is 23.2 Å². The fourth-order valence-electron chi connectivity index (χ4n) is 1.12. The summed E-state index contributed by atoms with van der Waals surface area (Å²) in [5.41, 5.74) is 1.59. The molecule has 0 aromatic carbocycles. The first-order chi connectivity index (χ1) is 7.24. The standard InChI is InChI=1S/C9H6Cl2N4/c10-8-12-3-1-6(14-8)5-7-2-4-13-9(11)15-7/h1-4H,5H2. The number of rotatable bonds is 2. The van der Waals surface area contributed by atoms with Gasteiger partial charge < -0.3 is 0 Å². The van der Waals surface area contributed by atoms with Crippen molar-refractivity contribution in [2.75, 3.05) is 0 Å². The summed E-state index contributed by atoms with van der Waals surface area (Å²) in [7, 11) is 0. The Labute approximate surface area is 96.3 Å². The molecular weight excluding hydrogens is 235 g/mol. The average molecular weight is 241 g/mol. The SMILES string of the molecule is Clc1nccc(Cc2ccnc(Cl)n2)n1. The molecule has 0 saturated heterocycles. The van der Waals surface area contributed by atoms with E-state index in [4.69, 9.17) is 23.2 Å². The van der Waals surface area contributed by atoms with E-state index in [0.717, 1.165) is 11.4 Å². The number of hydrogen-bond donors (Lipinski definition) is 0. The van der Waals surface area contributed by atoms with Crippen LogP contribution in [0.5, 0.6) is 0 Å². The van der Waals surface area contributed by atoms with Gasteiger partial charge in [-0.2, -0.15) is 0 Å². The summed E-state index contributed by atoms with van der Waals surface area (Å²) >= 11 is 11.3. The first-order valence-electron chi connectivity index (χ1n) is 4.19. The van der Waals surface area contributed by atoms with Crippen LogP contribution in [0.25, 0.3) is 0 Å². The molecule has 0 bridgehead atoms. The van der Waals surface area contributed by atoms with Gasteiger partial charge in [0.2, 0.25) is 10.6 Å². The number of aromatic nitrogens is 4. The zero-order chi connectivity index (χ0) is 10.7. The molecule has 4 nitrogen and oxygen atoms in total. The third kappa shape index (κ3) is 2.84. The molecule has 0 radical (unpaired) electrons. The topological polar surface area (TPSA) is 51.6 Å². The van der Waals surface area contributed by atoms with E-state index in [1.807, 2.05) is 0 Å². The lowest BCUT2D eigenvalue weighted by Crippen LogP contribution is -1.97. The molecule has 2 aromatic rings. The molecule has 0 fully saturated rings. The molecule has 0 aliphatic heterocycles. The molecule has 0 aliphatic rings. The van der Waals surface area contributed by atoms with Crippen LogP contribution in [0.2, 0.25) is 10.6 Å². The monoisotopic (exact) mass is 240 g/mol. The van der Waals surface area contributed by atoms with Crippen LogP contribution < -0.4 is 0 Å². The zero-order valence-electron chi connectivity index (χ0n) is 7.56. The molecule has 0 spiro atoms. The molecule has 0 unspecified atom stereocenters. The van der Waals surface area contributed by atoms with E-state index >= 15 is 0 Å². The maximum absolute atomic E-state index is 5.66. The van der Waals surface area contributed by atoms with Crippen LogP contribution in [0, 0.1) is 0 Å². The van der Waals surface area contributed by atoms with Crippen molar-refractivity contribution in [2.24, 2.45) is 0 Å². The molecule has 0 N–H and O–H groups in total. The van der Waals surface area contributed by atoms with E-state index in [2.05, 4.69) is 19.9 Å². The fraction of sp³-hybridized carbons (Fsp3) is 0.111. The summed E-state index contributed by atoms with van der Waals surface area (Å²) in [4.78, 5) is 15.7. The molecule has 0 saturated carbocycles. The van der Waals surface area contributed by atoms with E-state index in [1.54, 1.807) is 24.5 Å². The van der Waals surface area contributed by atoms with Gasteiger partial charge in [0.15, 0.2) is 0 Å². The molecule has 6 heteroatoms. The minimum atomic E-state index is 0.229. The quantitative estimate of drug-likeness (QED) is 0.756. The third-order valence-electron chi connectivity index (χ3n) is 1.73. The van der Waals surface area contributed by atoms with Crippen molar-refractivity contribution in [2.45, 2.75) is 6.42 Å². The van der Waals surface area contributed by atoms with Gasteiger partial charge in [0.05, 0.1) is 11.4 Å². The highest BCUT2D eigenvalue weighted by molar-refractivity contribution is 6.28. The van der Waals surface area contributed by atoms with Crippen LogP contribution in [0.4, 0.5) is 0 Å². The van der Waals surface area contributed by atoms with Gasteiger partial charge in [0.25, 0.3) is 0 Å². The van der Waals surface area contributed by atoms with Gasteiger partial charge >= 0.3 is 0 Å². The molecule has 2 aromatic heterocycles. The maximum Gasteiger partial charge on any atom is 0.222 e. The van der Waals surface area contributed by atoms with Crippen LogP contribution in [0.15, 0.2) is 24.5 Å². The zero-order valence-corrected chi connectivity index (χ0v) is 9.07. The first kappa shape index (κ1) is 10.3. The van der Waals surface area contributed by atoms with Gasteiger partial charge in [-0.1, -0.05) is 0 Å². The highest BCUT2D eigenvalue weighted by Crippen LogP contribution is 2.08. The van der Waals surface area contributed by atoms with Gasteiger partial charge in [0.1, 0.15) is 0 Å². The summed E-state index contributed by atoms with van der Waals surface area (Å²) in [6.45, 7) is 0. The van der Waals surface area contributed by atoms with Crippen LogP contribution in [-0.2, 0) is 6.42 Å². The van der Waals surface area contributed by atoms with Crippen LogP contribution in [0.1, 0.15) is 11.4 Å². The first-order valence-corrected chi connectivity index (χ1v) is 4.94. The van der Waals surface area contributed by atoms with Gasteiger partial charge in [-0.05, 0) is 35.3 Å². The van der Waals surface area contributed by atoms with Crippen molar-refractivity contribution < 1.29 is 0 Å². The Hall–Kier alpha value is -1.26. The minimum Gasteiger partial charge on any atom is -0.227 e. The lowest BCUT2D eigenvalue weighted by molar-refractivity contribution is 0.968. The molecule has 15 heavy (non-hydrogen) atoms. The number of hydrogen-bond acceptors (Lipinski definition) is 4. The summed E-state index contributed by atoms with van der Waals surface area (Å²) in [6, 6.07) is 3.56. The van der Waals surface area contributed by atoms with Gasteiger partial charge in [-0.25, -0.2) is 19.9 Å². The fourth-order valence-corrected chi connectivity index (χ4v) is 1.45. The van der Waals surface area contributed by atoms with E-state index < -0.39 is 0 Å². The second kappa shape index (κ2) is 4.51. The number of nitrogens with zero attached hydrogens (tertiary/aromatic N) is 4. The largest absolute Gasteiger partial charge is 0.227 e. The van der Waals surface area contributed by atoms with Gasteiger partial charge in [0, 0.05) is 18.8 Å². The Balaban J connectivity index is 2.22. The van der Waals surface area contributed by atoms with Crippen molar-refractivity contribution in [1.82, 2.24) is 19.9 Å². The van der Waals surface area contributed by atoms with Crippen molar-refractivity contribution in [3.8, 4) is 0 Å². The Kier molecular flexibility index (Phi) is 3.08. The molecule has 0 amide bonds. The lowest BCUT2D eigenvalue weighted by Gasteiger charge is -2.00. The van der Waals surface area contributed by atoms with Crippen LogP contribution in [-0.4, -0.2) is 19.9 Å². The van der Waals surface area contributed by atoms with Crippen molar-refractivity contribution in [3.63, 3.8) is 0 Å². The van der Waals surface area contributed by atoms with Crippen molar-refractivity contribution in [3.05, 3.63) is 46.5 Å².